The number of rotatable bonds is 3. The van der Waals surface area contributed by atoms with Crippen LogP contribution >= 0.6 is 11.6 Å². The van der Waals surface area contributed by atoms with Gasteiger partial charge in [0.1, 0.15) is 0 Å². The Hall–Kier alpha value is -2.40. The molecule has 0 fully saturated rings. The summed E-state index contributed by atoms with van der Waals surface area (Å²) in [7, 11) is 0. The highest BCUT2D eigenvalue weighted by Gasteiger charge is 2.32. The van der Waals surface area contributed by atoms with E-state index in [4.69, 9.17) is 11.6 Å². The lowest BCUT2D eigenvalue weighted by atomic mass is 9.94. The predicted molar refractivity (Wildman–Crippen MR) is 73.9 cm³/mol. The number of hydrogen-bond donors (Lipinski definition) is 0. The Kier molecular flexibility index (Phi) is 3.14. The van der Waals surface area contributed by atoms with Gasteiger partial charge in [-0.05, 0) is 18.2 Å². The standard InChI is InChI=1S/C15H10ClNO4/c16-11-5-4-10-13-8(11)2-1-3-9(13)14(20)17(15(10)21)7-6-12(18)19/h1-5H,6-7H2,(H,18,19)/p-1. The summed E-state index contributed by atoms with van der Waals surface area (Å²) in [5.74, 6) is -2.33. The maximum absolute atomic E-state index is 12.4. The van der Waals surface area contributed by atoms with Crippen molar-refractivity contribution in [1.82, 2.24) is 4.90 Å². The molecule has 0 spiro atoms. The van der Waals surface area contributed by atoms with Gasteiger partial charge in [-0.3, -0.25) is 14.5 Å². The molecule has 0 saturated heterocycles. The van der Waals surface area contributed by atoms with Gasteiger partial charge in [0, 0.05) is 45.9 Å². The molecule has 106 valence electrons. The van der Waals surface area contributed by atoms with E-state index in [2.05, 4.69) is 0 Å². The molecule has 0 saturated carbocycles. The predicted octanol–water partition coefficient (Wildman–Crippen LogP) is 1.23. The van der Waals surface area contributed by atoms with Gasteiger partial charge in [-0.25, -0.2) is 0 Å². The zero-order valence-corrected chi connectivity index (χ0v) is 11.5. The van der Waals surface area contributed by atoms with Crippen molar-refractivity contribution in [2.75, 3.05) is 6.54 Å². The van der Waals surface area contributed by atoms with Crippen molar-refractivity contribution in [3.63, 3.8) is 0 Å². The van der Waals surface area contributed by atoms with Crippen molar-refractivity contribution in [3.8, 4) is 0 Å². The Balaban J connectivity index is 2.17. The maximum Gasteiger partial charge on any atom is 0.261 e. The van der Waals surface area contributed by atoms with Crippen LogP contribution in [0.15, 0.2) is 30.3 Å². The van der Waals surface area contributed by atoms with Gasteiger partial charge in [-0.2, -0.15) is 0 Å². The van der Waals surface area contributed by atoms with Gasteiger partial charge in [-0.15, -0.1) is 0 Å². The largest absolute Gasteiger partial charge is 0.550 e. The number of carbonyl (C=O) groups is 3. The second-order valence-corrected chi connectivity index (χ2v) is 5.11. The van der Waals surface area contributed by atoms with E-state index in [0.29, 0.717) is 26.9 Å². The quantitative estimate of drug-likeness (QED) is 0.799. The molecule has 3 rings (SSSR count). The molecule has 5 nitrogen and oxygen atoms in total. The van der Waals surface area contributed by atoms with Gasteiger partial charge < -0.3 is 9.90 Å². The Labute approximate surface area is 124 Å². The first-order valence-electron chi connectivity index (χ1n) is 6.28. The second-order valence-electron chi connectivity index (χ2n) is 4.71. The molecular weight excluding hydrogens is 294 g/mol. The van der Waals surface area contributed by atoms with Crippen molar-refractivity contribution in [2.24, 2.45) is 0 Å². The van der Waals surface area contributed by atoms with Crippen LogP contribution in [-0.2, 0) is 4.79 Å². The summed E-state index contributed by atoms with van der Waals surface area (Å²) in [6.07, 6.45) is -0.392. The number of carboxylic acid groups (broad SMARTS) is 1. The van der Waals surface area contributed by atoms with E-state index in [-0.39, 0.29) is 6.54 Å². The summed E-state index contributed by atoms with van der Waals surface area (Å²) < 4.78 is 0. The number of carboxylic acids is 1. The number of amides is 2. The molecule has 0 unspecified atom stereocenters. The highest BCUT2D eigenvalue weighted by atomic mass is 35.5. The number of nitrogens with zero attached hydrogens (tertiary/aromatic N) is 1. The zero-order valence-electron chi connectivity index (χ0n) is 10.8. The molecular formula is C15H9ClNO4-. The first-order valence-corrected chi connectivity index (χ1v) is 6.66. The summed E-state index contributed by atoms with van der Waals surface area (Å²) >= 11 is 6.09. The minimum atomic E-state index is -1.31. The smallest absolute Gasteiger partial charge is 0.261 e. The Morgan fingerprint density at radius 1 is 1.10 bits per heavy atom. The van der Waals surface area contributed by atoms with Crippen LogP contribution in [0, 0.1) is 0 Å². The zero-order chi connectivity index (χ0) is 15.1. The monoisotopic (exact) mass is 302 g/mol. The molecule has 0 aromatic heterocycles. The second kappa shape index (κ2) is 4.86. The number of halogens is 1. The van der Waals surface area contributed by atoms with Crippen molar-refractivity contribution < 1.29 is 19.5 Å². The maximum atomic E-state index is 12.4. The topological polar surface area (TPSA) is 77.5 Å². The molecule has 2 aromatic carbocycles. The normalized spacial score (nSPS) is 13.9. The molecule has 21 heavy (non-hydrogen) atoms. The number of aliphatic carboxylic acids is 1. The summed E-state index contributed by atoms with van der Waals surface area (Å²) in [5, 5.41) is 12.2. The number of hydrogen-bond acceptors (Lipinski definition) is 4. The highest BCUT2D eigenvalue weighted by Crippen LogP contribution is 2.33. The summed E-state index contributed by atoms with van der Waals surface area (Å²) in [5.41, 5.74) is 0.700. The van der Waals surface area contributed by atoms with Crippen LogP contribution in [0.25, 0.3) is 10.8 Å². The SMILES string of the molecule is O=C([O-])CCN1C(=O)c2cccc3c(Cl)ccc(c23)C1=O. The van der Waals surface area contributed by atoms with Gasteiger partial charge in [0.25, 0.3) is 11.8 Å². The fourth-order valence-corrected chi connectivity index (χ4v) is 2.74. The van der Waals surface area contributed by atoms with Crippen LogP contribution in [-0.4, -0.2) is 29.2 Å². The van der Waals surface area contributed by atoms with E-state index < -0.39 is 24.2 Å². The van der Waals surface area contributed by atoms with E-state index in [1.165, 1.54) is 0 Å². The summed E-state index contributed by atoms with van der Waals surface area (Å²) in [6, 6.07) is 8.16. The molecule has 0 radical (unpaired) electrons. The van der Waals surface area contributed by atoms with Gasteiger partial charge in [0.05, 0.1) is 0 Å². The molecule has 0 bridgehead atoms. The van der Waals surface area contributed by atoms with Crippen LogP contribution in [0.1, 0.15) is 27.1 Å². The molecule has 2 aromatic rings. The van der Waals surface area contributed by atoms with Crippen LogP contribution in [0.5, 0.6) is 0 Å². The van der Waals surface area contributed by atoms with Gasteiger partial charge in [-0.1, -0.05) is 23.7 Å². The van der Waals surface area contributed by atoms with Gasteiger partial charge in [0.2, 0.25) is 0 Å². The minimum absolute atomic E-state index is 0.210. The third-order valence-corrected chi connectivity index (χ3v) is 3.81. The lowest BCUT2D eigenvalue weighted by Gasteiger charge is -2.27. The average molecular weight is 303 g/mol. The molecule has 1 heterocycles. The molecule has 0 aliphatic carbocycles. The number of imide groups is 1. The highest BCUT2D eigenvalue weighted by molar-refractivity contribution is 6.38. The molecule has 0 N–H and O–H groups in total. The van der Waals surface area contributed by atoms with E-state index in [9.17, 15) is 19.5 Å². The van der Waals surface area contributed by atoms with Crippen LogP contribution in [0.2, 0.25) is 5.02 Å². The van der Waals surface area contributed by atoms with E-state index in [1.807, 2.05) is 0 Å². The summed E-state index contributed by atoms with van der Waals surface area (Å²) in [6.45, 7) is -0.210. The summed E-state index contributed by atoms with van der Waals surface area (Å²) in [4.78, 5) is 36.3. The van der Waals surface area contributed by atoms with E-state index in [0.717, 1.165) is 4.90 Å². The van der Waals surface area contributed by atoms with Crippen molar-refractivity contribution in [1.29, 1.82) is 0 Å². The molecule has 0 atom stereocenters. The van der Waals surface area contributed by atoms with Gasteiger partial charge >= 0.3 is 0 Å². The number of carbonyl (C=O) groups excluding carboxylic acids is 3. The van der Waals surface area contributed by atoms with Crippen molar-refractivity contribution in [2.45, 2.75) is 6.42 Å². The van der Waals surface area contributed by atoms with Crippen LogP contribution in [0.3, 0.4) is 0 Å². The Morgan fingerprint density at radius 2 is 1.76 bits per heavy atom. The first-order chi connectivity index (χ1) is 10.0. The van der Waals surface area contributed by atoms with Crippen LogP contribution < -0.4 is 5.11 Å². The van der Waals surface area contributed by atoms with Crippen LogP contribution in [0.4, 0.5) is 0 Å². The van der Waals surface area contributed by atoms with E-state index >= 15 is 0 Å². The Bertz CT molecular complexity index is 777. The average Bonchev–Trinajstić information content (AvgIpc) is 2.45. The third-order valence-electron chi connectivity index (χ3n) is 3.48. The van der Waals surface area contributed by atoms with Crippen molar-refractivity contribution >= 4 is 40.2 Å². The lowest BCUT2D eigenvalue weighted by molar-refractivity contribution is -0.305. The minimum Gasteiger partial charge on any atom is -0.550 e. The molecule has 2 amide bonds. The van der Waals surface area contributed by atoms with E-state index in [1.54, 1.807) is 30.3 Å². The first kappa shape index (κ1) is 13.6. The lowest BCUT2D eigenvalue weighted by Crippen LogP contribution is -2.42. The number of benzene rings is 2. The molecule has 1 aliphatic heterocycles. The molecule has 1 aliphatic rings. The fourth-order valence-electron chi connectivity index (χ4n) is 2.52. The fraction of sp³-hybridized carbons (Fsp3) is 0.133. The Morgan fingerprint density at radius 3 is 2.43 bits per heavy atom. The molecule has 6 heteroatoms. The van der Waals surface area contributed by atoms with Crippen molar-refractivity contribution in [3.05, 3.63) is 46.5 Å². The van der Waals surface area contributed by atoms with Gasteiger partial charge in [0.15, 0.2) is 0 Å². The third kappa shape index (κ3) is 2.06.